The molecule has 0 radical (unpaired) electrons. The summed E-state index contributed by atoms with van der Waals surface area (Å²) in [5.41, 5.74) is 4.01. The van der Waals surface area contributed by atoms with Crippen molar-refractivity contribution < 1.29 is 5.11 Å². The van der Waals surface area contributed by atoms with Gasteiger partial charge in [0.05, 0.1) is 0 Å². The summed E-state index contributed by atoms with van der Waals surface area (Å²) >= 11 is 0. The predicted molar refractivity (Wildman–Crippen MR) is 62.9 cm³/mol. The van der Waals surface area contributed by atoms with Crippen molar-refractivity contribution in [1.82, 2.24) is 9.88 Å². The van der Waals surface area contributed by atoms with Gasteiger partial charge in [0.1, 0.15) is 0 Å². The molecule has 0 atom stereocenters. The lowest BCUT2D eigenvalue weighted by Crippen LogP contribution is -2.15. The molecular formula is C12H22N2O. The molecule has 86 valence electrons. The number of aryl methyl sites for hydroxylation is 1. The van der Waals surface area contributed by atoms with Crippen molar-refractivity contribution in [2.45, 2.75) is 33.2 Å². The molecule has 3 nitrogen and oxygen atoms in total. The Morgan fingerprint density at radius 3 is 2.60 bits per heavy atom. The van der Waals surface area contributed by atoms with Crippen LogP contribution < -0.4 is 5.32 Å². The predicted octanol–water partition coefficient (Wildman–Crippen LogP) is 1.50. The zero-order chi connectivity index (χ0) is 11.3. The zero-order valence-electron chi connectivity index (χ0n) is 10.0. The molecule has 0 aliphatic carbocycles. The number of unbranched alkanes of at least 4 members (excludes halogenated alkanes) is 1. The van der Waals surface area contributed by atoms with Crippen LogP contribution in [-0.2, 0) is 13.6 Å². The van der Waals surface area contributed by atoms with Crippen molar-refractivity contribution in [2.75, 3.05) is 13.2 Å². The van der Waals surface area contributed by atoms with Gasteiger partial charge in [0.15, 0.2) is 0 Å². The summed E-state index contributed by atoms with van der Waals surface area (Å²) in [6.45, 7) is 6.48. The molecule has 1 rings (SSSR count). The second kappa shape index (κ2) is 5.93. The highest BCUT2D eigenvalue weighted by molar-refractivity contribution is 5.26. The molecule has 3 heteroatoms. The molecule has 1 aromatic heterocycles. The van der Waals surface area contributed by atoms with Crippen LogP contribution in [0.1, 0.15) is 29.8 Å². The van der Waals surface area contributed by atoms with Gasteiger partial charge in [0.25, 0.3) is 0 Å². The molecule has 1 aromatic rings. The Bertz CT molecular complexity index is 305. The van der Waals surface area contributed by atoms with Crippen LogP contribution in [0.4, 0.5) is 0 Å². The molecule has 15 heavy (non-hydrogen) atoms. The summed E-state index contributed by atoms with van der Waals surface area (Å²) in [6, 6.07) is 2.23. The van der Waals surface area contributed by atoms with Gasteiger partial charge in [0.2, 0.25) is 0 Å². The molecule has 2 N–H and O–H groups in total. The Labute approximate surface area is 92.1 Å². The topological polar surface area (TPSA) is 37.2 Å². The van der Waals surface area contributed by atoms with E-state index in [9.17, 15) is 0 Å². The molecule has 0 spiro atoms. The first kappa shape index (κ1) is 12.3. The van der Waals surface area contributed by atoms with E-state index in [1.54, 1.807) is 0 Å². The van der Waals surface area contributed by atoms with Crippen molar-refractivity contribution in [3.63, 3.8) is 0 Å². The molecule has 0 fully saturated rings. The van der Waals surface area contributed by atoms with Crippen LogP contribution in [0, 0.1) is 13.8 Å². The van der Waals surface area contributed by atoms with Crippen molar-refractivity contribution in [3.8, 4) is 0 Å². The molecule has 0 saturated heterocycles. The van der Waals surface area contributed by atoms with Crippen LogP contribution >= 0.6 is 0 Å². The number of nitrogens with one attached hydrogen (secondary N) is 1. The number of hydrogen-bond acceptors (Lipinski definition) is 2. The third-order valence-corrected chi connectivity index (χ3v) is 2.96. The maximum Gasteiger partial charge on any atom is 0.0431 e. The number of hydrogen-bond donors (Lipinski definition) is 2. The Morgan fingerprint density at radius 1 is 1.33 bits per heavy atom. The average molecular weight is 210 g/mol. The lowest BCUT2D eigenvalue weighted by molar-refractivity contribution is 0.283. The van der Waals surface area contributed by atoms with E-state index < -0.39 is 0 Å². The van der Waals surface area contributed by atoms with Gasteiger partial charge in [0, 0.05) is 31.6 Å². The smallest absolute Gasteiger partial charge is 0.0431 e. The first-order valence-corrected chi connectivity index (χ1v) is 5.60. The first-order chi connectivity index (χ1) is 7.16. The largest absolute Gasteiger partial charge is 0.396 e. The molecule has 0 amide bonds. The summed E-state index contributed by atoms with van der Waals surface area (Å²) in [6.07, 6.45) is 1.93. The van der Waals surface area contributed by atoms with Gasteiger partial charge in [-0.2, -0.15) is 0 Å². The van der Waals surface area contributed by atoms with E-state index in [0.717, 1.165) is 25.9 Å². The second-order valence-corrected chi connectivity index (χ2v) is 4.06. The number of nitrogens with zero attached hydrogens (tertiary/aromatic N) is 1. The molecule has 0 aliphatic heterocycles. The van der Waals surface area contributed by atoms with Gasteiger partial charge in [-0.3, -0.25) is 0 Å². The highest BCUT2D eigenvalue weighted by Crippen LogP contribution is 2.12. The minimum absolute atomic E-state index is 0.297. The summed E-state index contributed by atoms with van der Waals surface area (Å²) in [5, 5.41) is 12.0. The van der Waals surface area contributed by atoms with E-state index >= 15 is 0 Å². The van der Waals surface area contributed by atoms with E-state index in [2.05, 4.69) is 36.8 Å². The van der Waals surface area contributed by atoms with Crippen molar-refractivity contribution in [1.29, 1.82) is 0 Å². The van der Waals surface area contributed by atoms with Gasteiger partial charge < -0.3 is 15.0 Å². The van der Waals surface area contributed by atoms with Crippen LogP contribution in [0.2, 0.25) is 0 Å². The van der Waals surface area contributed by atoms with Gasteiger partial charge >= 0.3 is 0 Å². The van der Waals surface area contributed by atoms with E-state index in [0.29, 0.717) is 6.61 Å². The van der Waals surface area contributed by atoms with Crippen LogP contribution in [0.25, 0.3) is 0 Å². The molecule has 0 aliphatic rings. The van der Waals surface area contributed by atoms with Gasteiger partial charge in [-0.05, 0) is 44.9 Å². The van der Waals surface area contributed by atoms with E-state index in [1.165, 1.54) is 17.0 Å². The van der Waals surface area contributed by atoms with Crippen molar-refractivity contribution in [2.24, 2.45) is 7.05 Å². The normalized spacial score (nSPS) is 10.9. The number of aliphatic hydroxyl groups excluding tert-OH is 1. The summed E-state index contributed by atoms with van der Waals surface area (Å²) in [4.78, 5) is 0. The fourth-order valence-corrected chi connectivity index (χ4v) is 1.70. The van der Waals surface area contributed by atoms with Gasteiger partial charge in [-0.15, -0.1) is 0 Å². The first-order valence-electron chi connectivity index (χ1n) is 5.60. The Hall–Kier alpha value is -0.800. The van der Waals surface area contributed by atoms with Crippen LogP contribution in [-0.4, -0.2) is 22.8 Å². The third kappa shape index (κ3) is 3.36. The summed E-state index contributed by atoms with van der Waals surface area (Å²) in [7, 11) is 2.10. The fourth-order valence-electron chi connectivity index (χ4n) is 1.70. The Kier molecular flexibility index (Phi) is 4.85. The highest BCUT2D eigenvalue weighted by atomic mass is 16.2. The second-order valence-electron chi connectivity index (χ2n) is 4.06. The number of rotatable bonds is 6. The van der Waals surface area contributed by atoms with Crippen molar-refractivity contribution in [3.05, 3.63) is 23.0 Å². The lowest BCUT2D eigenvalue weighted by atomic mass is 10.2. The maximum atomic E-state index is 8.64. The fraction of sp³-hybridized carbons (Fsp3) is 0.667. The molecule has 0 bridgehead atoms. The van der Waals surface area contributed by atoms with E-state index in [-0.39, 0.29) is 0 Å². The Morgan fingerprint density at radius 2 is 2.07 bits per heavy atom. The third-order valence-electron chi connectivity index (χ3n) is 2.96. The Balaban J connectivity index is 2.34. The number of aliphatic hydroxyl groups is 1. The summed E-state index contributed by atoms with van der Waals surface area (Å²) < 4.78 is 2.21. The van der Waals surface area contributed by atoms with E-state index in [4.69, 9.17) is 5.11 Å². The van der Waals surface area contributed by atoms with Crippen LogP contribution in [0.3, 0.4) is 0 Å². The molecule has 1 heterocycles. The monoisotopic (exact) mass is 210 g/mol. The SMILES string of the molecule is Cc1cc(CNCCCCO)c(C)n1C. The zero-order valence-corrected chi connectivity index (χ0v) is 10.0. The van der Waals surface area contributed by atoms with Crippen molar-refractivity contribution >= 4 is 0 Å². The van der Waals surface area contributed by atoms with Crippen LogP contribution in [0.15, 0.2) is 6.07 Å². The quantitative estimate of drug-likeness (QED) is 0.698. The highest BCUT2D eigenvalue weighted by Gasteiger charge is 2.04. The minimum Gasteiger partial charge on any atom is -0.396 e. The van der Waals surface area contributed by atoms with E-state index in [1.807, 2.05) is 0 Å². The molecule has 0 saturated carbocycles. The maximum absolute atomic E-state index is 8.64. The van der Waals surface area contributed by atoms with Crippen LogP contribution in [0.5, 0.6) is 0 Å². The number of aromatic nitrogens is 1. The lowest BCUT2D eigenvalue weighted by Gasteiger charge is -2.04. The van der Waals surface area contributed by atoms with Gasteiger partial charge in [-0.25, -0.2) is 0 Å². The summed E-state index contributed by atoms with van der Waals surface area (Å²) in [5.74, 6) is 0. The average Bonchev–Trinajstić information content (AvgIpc) is 2.46. The van der Waals surface area contributed by atoms with Gasteiger partial charge in [-0.1, -0.05) is 0 Å². The minimum atomic E-state index is 0.297. The standard InChI is InChI=1S/C12H22N2O/c1-10-8-12(11(2)14(10)3)9-13-6-4-5-7-15/h8,13,15H,4-7,9H2,1-3H3. The molecule has 0 unspecified atom stereocenters. The molecule has 0 aromatic carbocycles. The molecular weight excluding hydrogens is 188 g/mol.